The number of hydrogen-bond acceptors (Lipinski definition) is 4. The highest BCUT2D eigenvalue weighted by Crippen LogP contribution is 2.19. The van der Waals surface area contributed by atoms with E-state index >= 15 is 0 Å². The van der Waals surface area contributed by atoms with Gasteiger partial charge in [-0.05, 0) is 18.9 Å². The van der Waals surface area contributed by atoms with Gasteiger partial charge in [0, 0.05) is 25.1 Å². The van der Waals surface area contributed by atoms with Crippen LogP contribution in [-0.2, 0) is 6.42 Å². The molecule has 0 aliphatic carbocycles. The van der Waals surface area contributed by atoms with Crippen LogP contribution in [0.25, 0.3) is 0 Å². The molecule has 21 heavy (non-hydrogen) atoms. The van der Waals surface area contributed by atoms with Crippen LogP contribution in [0.5, 0.6) is 0 Å². The topological polar surface area (TPSA) is 49.8 Å². The third-order valence-electron chi connectivity index (χ3n) is 3.31. The van der Waals surface area contributed by atoms with E-state index in [0.717, 1.165) is 36.8 Å². The summed E-state index contributed by atoms with van der Waals surface area (Å²) in [5.41, 5.74) is 1.25. The van der Waals surface area contributed by atoms with Gasteiger partial charge in [0.15, 0.2) is 0 Å². The molecule has 2 aromatic rings. The highest BCUT2D eigenvalue weighted by Gasteiger charge is 2.08. The van der Waals surface area contributed by atoms with E-state index < -0.39 is 0 Å². The molecule has 0 fully saturated rings. The Labute approximate surface area is 127 Å². The first-order chi connectivity index (χ1) is 10.2. The van der Waals surface area contributed by atoms with E-state index in [9.17, 15) is 0 Å². The first kappa shape index (κ1) is 15.3. The summed E-state index contributed by atoms with van der Waals surface area (Å²) in [4.78, 5) is 9.07. The van der Waals surface area contributed by atoms with Crippen LogP contribution in [0.2, 0.25) is 0 Å². The number of nitrogens with one attached hydrogen (secondary N) is 2. The van der Waals surface area contributed by atoms with Crippen molar-refractivity contribution < 1.29 is 0 Å². The number of rotatable bonds is 7. The van der Waals surface area contributed by atoms with Gasteiger partial charge >= 0.3 is 0 Å². The quantitative estimate of drug-likeness (QED) is 0.806. The third-order valence-corrected chi connectivity index (χ3v) is 3.31. The Morgan fingerprint density at radius 2 is 1.76 bits per heavy atom. The molecule has 0 radical (unpaired) electrons. The summed E-state index contributed by atoms with van der Waals surface area (Å²) in [6.07, 6.45) is 1.91. The van der Waals surface area contributed by atoms with Gasteiger partial charge in [0.1, 0.15) is 17.5 Å². The fourth-order valence-electron chi connectivity index (χ4n) is 2.12. The van der Waals surface area contributed by atoms with Crippen molar-refractivity contribution in [2.75, 3.05) is 17.2 Å². The third kappa shape index (κ3) is 4.45. The molecule has 2 rings (SSSR count). The zero-order valence-corrected chi connectivity index (χ0v) is 13.1. The van der Waals surface area contributed by atoms with Crippen molar-refractivity contribution in [1.82, 2.24) is 9.97 Å². The summed E-state index contributed by atoms with van der Waals surface area (Å²) in [5, 5.41) is 6.79. The summed E-state index contributed by atoms with van der Waals surface area (Å²) < 4.78 is 0. The molecule has 1 atom stereocenters. The monoisotopic (exact) mass is 284 g/mol. The van der Waals surface area contributed by atoms with Gasteiger partial charge < -0.3 is 10.6 Å². The summed E-state index contributed by atoms with van der Waals surface area (Å²) in [6, 6.07) is 12.6. The van der Waals surface area contributed by atoms with Gasteiger partial charge in [-0.2, -0.15) is 0 Å². The molecular weight excluding hydrogens is 260 g/mol. The SMILES string of the molecule is CCCNc1cc(NC(C)c2ccccc2)nc(CC)n1. The van der Waals surface area contributed by atoms with Gasteiger partial charge in [-0.3, -0.25) is 0 Å². The molecule has 1 aromatic carbocycles. The molecule has 0 saturated heterocycles. The lowest BCUT2D eigenvalue weighted by atomic mass is 10.1. The maximum absolute atomic E-state index is 4.56. The molecule has 0 aliphatic heterocycles. The van der Waals surface area contributed by atoms with E-state index in [1.807, 2.05) is 12.1 Å². The normalized spacial score (nSPS) is 12.0. The second kappa shape index (κ2) is 7.62. The van der Waals surface area contributed by atoms with Crippen molar-refractivity contribution in [2.24, 2.45) is 0 Å². The first-order valence-electron chi connectivity index (χ1n) is 7.66. The summed E-state index contributed by atoms with van der Waals surface area (Å²) in [7, 11) is 0. The number of anilines is 2. The minimum Gasteiger partial charge on any atom is -0.370 e. The Morgan fingerprint density at radius 1 is 1.05 bits per heavy atom. The molecule has 112 valence electrons. The van der Waals surface area contributed by atoms with Crippen LogP contribution in [0.3, 0.4) is 0 Å². The van der Waals surface area contributed by atoms with E-state index in [-0.39, 0.29) is 6.04 Å². The van der Waals surface area contributed by atoms with Crippen molar-refractivity contribution in [1.29, 1.82) is 0 Å². The average Bonchev–Trinajstić information content (AvgIpc) is 2.53. The molecule has 4 nitrogen and oxygen atoms in total. The van der Waals surface area contributed by atoms with E-state index in [0.29, 0.717) is 0 Å². The van der Waals surface area contributed by atoms with Gasteiger partial charge in [0.05, 0.1) is 0 Å². The van der Waals surface area contributed by atoms with Crippen LogP contribution in [0.15, 0.2) is 36.4 Å². The van der Waals surface area contributed by atoms with Crippen molar-refractivity contribution in [3.8, 4) is 0 Å². The maximum Gasteiger partial charge on any atom is 0.132 e. The Hall–Kier alpha value is -2.10. The van der Waals surface area contributed by atoms with Gasteiger partial charge in [-0.25, -0.2) is 9.97 Å². The maximum atomic E-state index is 4.56. The van der Waals surface area contributed by atoms with Gasteiger partial charge in [0.2, 0.25) is 0 Å². The second-order valence-electron chi connectivity index (χ2n) is 5.11. The number of hydrogen-bond donors (Lipinski definition) is 2. The molecular formula is C17H24N4. The minimum atomic E-state index is 0.213. The highest BCUT2D eigenvalue weighted by molar-refractivity contribution is 5.48. The van der Waals surface area contributed by atoms with E-state index in [2.05, 4.69) is 65.6 Å². The van der Waals surface area contributed by atoms with E-state index in [1.165, 1.54) is 5.56 Å². The Bertz CT molecular complexity index is 554. The molecule has 1 unspecified atom stereocenters. The molecule has 0 amide bonds. The summed E-state index contributed by atoms with van der Waals surface area (Å²) in [6.45, 7) is 7.28. The van der Waals surface area contributed by atoms with Gasteiger partial charge in [-0.1, -0.05) is 44.2 Å². The lowest BCUT2D eigenvalue weighted by molar-refractivity contribution is 0.855. The van der Waals surface area contributed by atoms with Crippen LogP contribution >= 0.6 is 0 Å². The second-order valence-corrected chi connectivity index (χ2v) is 5.11. The summed E-state index contributed by atoms with van der Waals surface area (Å²) >= 11 is 0. The van der Waals surface area contributed by atoms with E-state index in [4.69, 9.17) is 0 Å². The van der Waals surface area contributed by atoms with Crippen molar-refractivity contribution in [3.05, 3.63) is 47.8 Å². The Balaban J connectivity index is 2.14. The Kier molecular flexibility index (Phi) is 5.55. The number of aryl methyl sites for hydroxylation is 1. The lowest BCUT2D eigenvalue weighted by Crippen LogP contribution is -2.11. The van der Waals surface area contributed by atoms with Crippen LogP contribution < -0.4 is 10.6 Å². The molecule has 0 saturated carbocycles. The van der Waals surface area contributed by atoms with Crippen molar-refractivity contribution >= 4 is 11.6 Å². The number of nitrogens with zero attached hydrogens (tertiary/aromatic N) is 2. The summed E-state index contributed by atoms with van der Waals surface area (Å²) in [5.74, 6) is 2.63. The van der Waals surface area contributed by atoms with Gasteiger partial charge in [-0.15, -0.1) is 0 Å². The number of aromatic nitrogens is 2. The molecule has 1 aromatic heterocycles. The standard InChI is InChI=1S/C17H24N4/c1-4-11-18-16-12-17(21-15(5-2)20-16)19-13(3)14-9-7-6-8-10-14/h6-10,12-13H,4-5,11H2,1-3H3,(H2,18,19,20,21). The molecule has 0 spiro atoms. The molecule has 4 heteroatoms. The highest BCUT2D eigenvalue weighted by atomic mass is 15.1. The van der Waals surface area contributed by atoms with Crippen LogP contribution in [0.1, 0.15) is 44.6 Å². The fraction of sp³-hybridized carbons (Fsp3) is 0.412. The zero-order chi connectivity index (χ0) is 15.1. The van der Waals surface area contributed by atoms with Crippen LogP contribution in [0.4, 0.5) is 11.6 Å². The molecule has 0 bridgehead atoms. The average molecular weight is 284 g/mol. The number of benzene rings is 1. The molecule has 0 aliphatic rings. The first-order valence-corrected chi connectivity index (χ1v) is 7.66. The van der Waals surface area contributed by atoms with E-state index in [1.54, 1.807) is 0 Å². The minimum absolute atomic E-state index is 0.213. The molecule has 1 heterocycles. The predicted molar refractivity (Wildman–Crippen MR) is 88.7 cm³/mol. The van der Waals surface area contributed by atoms with Crippen molar-refractivity contribution in [2.45, 2.75) is 39.7 Å². The Morgan fingerprint density at radius 3 is 2.43 bits per heavy atom. The predicted octanol–water partition coefficient (Wildman–Crippen LogP) is 4.03. The smallest absolute Gasteiger partial charge is 0.132 e. The zero-order valence-electron chi connectivity index (χ0n) is 13.1. The molecule has 2 N–H and O–H groups in total. The lowest BCUT2D eigenvalue weighted by Gasteiger charge is -2.16. The van der Waals surface area contributed by atoms with Crippen LogP contribution in [0, 0.1) is 0 Å². The van der Waals surface area contributed by atoms with Crippen LogP contribution in [-0.4, -0.2) is 16.5 Å². The largest absolute Gasteiger partial charge is 0.370 e. The van der Waals surface area contributed by atoms with Crippen molar-refractivity contribution in [3.63, 3.8) is 0 Å². The fourth-order valence-corrected chi connectivity index (χ4v) is 2.12. The van der Waals surface area contributed by atoms with Gasteiger partial charge in [0.25, 0.3) is 0 Å².